The summed E-state index contributed by atoms with van der Waals surface area (Å²) in [4.78, 5) is 15.8. The van der Waals surface area contributed by atoms with Crippen LogP contribution in [0.2, 0.25) is 0 Å². The number of H-pyrrole nitrogens is 1. The number of hydrogen-bond acceptors (Lipinski definition) is 6. The third-order valence-corrected chi connectivity index (χ3v) is 4.79. The standard InChI is InChI=1S/C22H25N3O5/c1-13-16(17-10-15(27-2)7-8-18(17)24-13)11-20(26)25-23-12-14-6-9-19(28-3)22(30-5)21(14)29-4/h6-10,12,24H,11H2,1-5H3,(H,25,26). The van der Waals surface area contributed by atoms with Gasteiger partial charge in [0.1, 0.15) is 5.75 Å². The maximum absolute atomic E-state index is 12.5. The molecule has 30 heavy (non-hydrogen) atoms. The fourth-order valence-electron chi connectivity index (χ4n) is 3.32. The van der Waals surface area contributed by atoms with E-state index in [-0.39, 0.29) is 12.3 Å². The van der Waals surface area contributed by atoms with E-state index in [2.05, 4.69) is 15.5 Å². The Hall–Kier alpha value is -3.68. The van der Waals surface area contributed by atoms with Gasteiger partial charge in [-0.1, -0.05) is 0 Å². The van der Waals surface area contributed by atoms with E-state index in [1.165, 1.54) is 20.4 Å². The van der Waals surface area contributed by atoms with E-state index in [9.17, 15) is 4.79 Å². The molecule has 0 fully saturated rings. The van der Waals surface area contributed by atoms with Crippen LogP contribution in [0.1, 0.15) is 16.8 Å². The monoisotopic (exact) mass is 411 g/mol. The molecule has 0 unspecified atom stereocenters. The predicted octanol–water partition coefficient (Wildman–Crippen LogP) is 3.20. The third kappa shape index (κ3) is 4.17. The van der Waals surface area contributed by atoms with Crippen LogP contribution < -0.4 is 24.4 Å². The van der Waals surface area contributed by atoms with Gasteiger partial charge in [-0.05, 0) is 42.8 Å². The summed E-state index contributed by atoms with van der Waals surface area (Å²) in [6, 6.07) is 9.24. The van der Waals surface area contributed by atoms with Crippen molar-refractivity contribution in [3.8, 4) is 23.0 Å². The molecule has 158 valence electrons. The van der Waals surface area contributed by atoms with Crippen LogP contribution in [0.5, 0.6) is 23.0 Å². The van der Waals surface area contributed by atoms with Crippen molar-refractivity contribution < 1.29 is 23.7 Å². The zero-order valence-electron chi connectivity index (χ0n) is 17.7. The number of hydrazone groups is 1. The molecule has 1 aromatic heterocycles. The second kappa shape index (κ2) is 9.21. The minimum Gasteiger partial charge on any atom is -0.497 e. The molecule has 0 bridgehead atoms. The van der Waals surface area contributed by atoms with E-state index in [0.29, 0.717) is 22.8 Å². The summed E-state index contributed by atoms with van der Waals surface area (Å²) >= 11 is 0. The number of fused-ring (bicyclic) bond motifs is 1. The average Bonchev–Trinajstić information content (AvgIpc) is 3.07. The number of carbonyl (C=O) groups is 1. The van der Waals surface area contributed by atoms with Crippen molar-refractivity contribution in [3.05, 3.63) is 47.2 Å². The number of hydrogen-bond donors (Lipinski definition) is 2. The number of aryl methyl sites for hydroxylation is 1. The molecule has 2 N–H and O–H groups in total. The van der Waals surface area contributed by atoms with Crippen molar-refractivity contribution in [2.45, 2.75) is 13.3 Å². The average molecular weight is 411 g/mol. The highest BCUT2D eigenvalue weighted by atomic mass is 16.5. The predicted molar refractivity (Wildman–Crippen MR) is 115 cm³/mol. The van der Waals surface area contributed by atoms with Crippen molar-refractivity contribution in [3.63, 3.8) is 0 Å². The van der Waals surface area contributed by atoms with E-state index in [1.807, 2.05) is 25.1 Å². The number of amides is 1. The molecule has 0 aliphatic heterocycles. The van der Waals surface area contributed by atoms with E-state index >= 15 is 0 Å². The van der Waals surface area contributed by atoms with E-state index in [1.54, 1.807) is 26.4 Å². The van der Waals surface area contributed by atoms with E-state index < -0.39 is 0 Å². The zero-order chi connectivity index (χ0) is 21.7. The van der Waals surface area contributed by atoms with Crippen molar-refractivity contribution in [1.82, 2.24) is 10.4 Å². The fraction of sp³-hybridized carbons (Fsp3) is 0.273. The van der Waals surface area contributed by atoms with Crippen molar-refractivity contribution in [2.75, 3.05) is 28.4 Å². The maximum atomic E-state index is 12.5. The summed E-state index contributed by atoms with van der Waals surface area (Å²) in [5, 5.41) is 5.02. The van der Waals surface area contributed by atoms with Crippen LogP contribution in [0.3, 0.4) is 0 Å². The number of ether oxygens (including phenoxy) is 4. The Labute approximate surface area is 174 Å². The van der Waals surface area contributed by atoms with Gasteiger partial charge in [0.15, 0.2) is 11.5 Å². The van der Waals surface area contributed by atoms with Gasteiger partial charge in [-0.25, -0.2) is 5.43 Å². The number of carbonyl (C=O) groups excluding carboxylic acids is 1. The molecule has 8 heteroatoms. The highest BCUT2D eigenvalue weighted by Gasteiger charge is 2.15. The first-order chi connectivity index (χ1) is 14.5. The van der Waals surface area contributed by atoms with Crippen LogP contribution in [0.25, 0.3) is 10.9 Å². The highest BCUT2D eigenvalue weighted by Crippen LogP contribution is 2.39. The van der Waals surface area contributed by atoms with Crippen molar-refractivity contribution in [2.24, 2.45) is 5.10 Å². The van der Waals surface area contributed by atoms with Crippen LogP contribution in [-0.4, -0.2) is 45.5 Å². The molecule has 8 nitrogen and oxygen atoms in total. The molecule has 1 heterocycles. The van der Waals surface area contributed by atoms with Gasteiger partial charge in [0.2, 0.25) is 11.7 Å². The summed E-state index contributed by atoms with van der Waals surface area (Å²) in [7, 11) is 6.22. The molecule has 1 amide bonds. The Morgan fingerprint density at radius 1 is 1.03 bits per heavy atom. The van der Waals surface area contributed by atoms with Crippen LogP contribution in [0.15, 0.2) is 35.4 Å². The number of aromatic nitrogens is 1. The highest BCUT2D eigenvalue weighted by molar-refractivity contribution is 5.92. The number of benzene rings is 2. The molecule has 3 aromatic rings. The second-order valence-corrected chi connectivity index (χ2v) is 6.53. The van der Waals surface area contributed by atoms with E-state index in [4.69, 9.17) is 18.9 Å². The topological polar surface area (TPSA) is 94.2 Å². The van der Waals surface area contributed by atoms with Crippen LogP contribution in [0.4, 0.5) is 0 Å². The van der Waals surface area contributed by atoms with Gasteiger partial charge in [-0.3, -0.25) is 4.79 Å². The molecule has 0 radical (unpaired) electrons. The smallest absolute Gasteiger partial charge is 0.244 e. The fourth-order valence-corrected chi connectivity index (χ4v) is 3.32. The van der Waals surface area contributed by atoms with Gasteiger partial charge >= 0.3 is 0 Å². The minimum absolute atomic E-state index is 0.180. The molecular weight excluding hydrogens is 386 g/mol. The van der Waals surface area contributed by atoms with Gasteiger partial charge in [0, 0.05) is 22.2 Å². The SMILES string of the molecule is COc1ccc2[nH]c(C)c(CC(=O)NN=Cc3ccc(OC)c(OC)c3OC)c2c1. The third-order valence-electron chi connectivity index (χ3n) is 4.79. The number of methoxy groups -OCH3 is 4. The summed E-state index contributed by atoms with van der Waals surface area (Å²) in [6.45, 7) is 1.94. The molecule has 0 atom stereocenters. The van der Waals surface area contributed by atoms with Gasteiger partial charge in [-0.15, -0.1) is 0 Å². The van der Waals surface area contributed by atoms with Crippen LogP contribution in [0, 0.1) is 6.92 Å². The molecule has 0 aliphatic carbocycles. The Kier molecular flexibility index (Phi) is 6.46. The zero-order valence-corrected chi connectivity index (χ0v) is 17.7. The molecule has 2 aromatic carbocycles. The summed E-state index contributed by atoms with van der Waals surface area (Å²) in [5.41, 5.74) is 5.99. The lowest BCUT2D eigenvalue weighted by Crippen LogP contribution is -2.20. The molecule has 0 spiro atoms. The number of nitrogens with one attached hydrogen (secondary N) is 2. The second-order valence-electron chi connectivity index (χ2n) is 6.53. The van der Waals surface area contributed by atoms with E-state index in [0.717, 1.165) is 27.9 Å². The molecule has 0 aliphatic rings. The van der Waals surface area contributed by atoms with Gasteiger partial charge in [0.05, 0.1) is 41.1 Å². The summed E-state index contributed by atoms with van der Waals surface area (Å²) < 4.78 is 21.3. The number of rotatable bonds is 8. The molecule has 3 rings (SSSR count). The Bertz CT molecular complexity index is 1090. The Morgan fingerprint density at radius 2 is 1.80 bits per heavy atom. The number of nitrogens with zero attached hydrogens (tertiary/aromatic N) is 1. The lowest BCUT2D eigenvalue weighted by molar-refractivity contribution is -0.120. The molecule has 0 saturated heterocycles. The van der Waals surface area contributed by atoms with Crippen molar-refractivity contribution in [1.29, 1.82) is 0 Å². The first-order valence-electron chi connectivity index (χ1n) is 9.28. The Balaban J connectivity index is 1.76. The van der Waals surface area contributed by atoms with Crippen molar-refractivity contribution >= 4 is 23.0 Å². The maximum Gasteiger partial charge on any atom is 0.244 e. The quantitative estimate of drug-likeness (QED) is 0.439. The van der Waals surface area contributed by atoms with Crippen LogP contribution >= 0.6 is 0 Å². The largest absolute Gasteiger partial charge is 0.497 e. The first kappa shape index (κ1) is 21.0. The minimum atomic E-state index is -0.238. The first-order valence-corrected chi connectivity index (χ1v) is 9.28. The molecular formula is C22H25N3O5. The van der Waals surface area contributed by atoms with Gasteiger partial charge < -0.3 is 23.9 Å². The lowest BCUT2D eigenvalue weighted by Gasteiger charge is -2.13. The summed E-state index contributed by atoms with van der Waals surface area (Å²) in [5.74, 6) is 1.97. The van der Waals surface area contributed by atoms with Gasteiger partial charge in [-0.2, -0.15) is 5.10 Å². The number of aromatic amines is 1. The molecule has 0 saturated carbocycles. The Morgan fingerprint density at radius 3 is 2.47 bits per heavy atom. The van der Waals surface area contributed by atoms with Crippen LogP contribution in [-0.2, 0) is 11.2 Å². The normalized spacial score (nSPS) is 11.0. The lowest BCUT2D eigenvalue weighted by atomic mass is 10.1. The van der Waals surface area contributed by atoms with Gasteiger partial charge in [0.25, 0.3) is 0 Å². The summed E-state index contributed by atoms with van der Waals surface area (Å²) in [6.07, 6.45) is 1.68.